The molecular formula is C42H63F2N5O11S. The van der Waals surface area contributed by atoms with Gasteiger partial charge < -0.3 is 39.2 Å². The van der Waals surface area contributed by atoms with Crippen LogP contribution < -0.4 is 29.6 Å². The van der Waals surface area contributed by atoms with Gasteiger partial charge in [0, 0.05) is 41.4 Å². The molecule has 4 aliphatic rings. The topological polar surface area (TPSA) is 201 Å². The summed E-state index contributed by atoms with van der Waals surface area (Å²) in [6, 6.07) is 2.58. The van der Waals surface area contributed by atoms with Crippen LogP contribution in [0.4, 0.5) is 13.6 Å². The van der Waals surface area contributed by atoms with Gasteiger partial charge in [0.25, 0.3) is 11.8 Å². The Kier molecular flexibility index (Phi) is 13.4. The number of sulfonamides is 1. The van der Waals surface area contributed by atoms with Crippen molar-refractivity contribution in [1.29, 1.82) is 0 Å². The molecule has 4 amide bonds. The van der Waals surface area contributed by atoms with E-state index >= 15 is 0 Å². The molecule has 342 valence electrons. The van der Waals surface area contributed by atoms with Crippen molar-refractivity contribution in [1.82, 2.24) is 25.2 Å². The number of nitrogens with zero attached hydrogens (tertiary/aromatic N) is 2. The lowest BCUT2D eigenvalue weighted by Gasteiger charge is -2.35. The summed E-state index contributed by atoms with van der Waals surface area (Å²) >= 11 is 0. The van der Waals surface area contributed by atoms with E-state index in [-0.39, 0.29) is 42.1 Å². The first-order chi connectivity index (χ1) is 28.7. The van der Waals surface area contributed by atoms with E-state index < -0.39 is 86.2 Å². The number of halogens is 2. The fourth-order valence-corrected chi connectivity index (χ4v) is 9.24. The lowest BCUT2D eigenvalue weighted by atomic mass is 9.88. The van der Waals surface area contributed by atoms with Gasteiger partial charge in [0.15, 0.2) is 5.60 Å². The highest BCUT2D eigenvalue weighted by Crippen LogP contribution is 2.46. The van der Waals surface area contributed by atoms with Crippen LogP contribution in [-0.4, -0.2) is 117 Å². The average Bonchev–Trinajstić information content (AvgIpc) is 4.12. The number of carbonyl (C=O) groups is 4. The predicted molar refractivity (Wildman–Crippen MR) is 225 cm³/mol. The Morgan fingerprint density at radius 3 is 2.48 bits per heavy atom. The predicted octanol–water partition coefficient (Wildman–Crippen LogP) is 5.38. The number of pyridine rings is 1. The molecule has 61 heavy (non-hydrogen) atoms. The fourth-order valence-electron chi connectivity index (χ4n) is 7.87. The molecule has 0 bridgehead atoms. The SMILES string of the molecule is COCCOc1cnc(O[C@@H]2C[C@H]3C(=O)N[C@]4(C(=O)NS(=O)(=O)C5CC5)C[C@H]4/C=C\CC[C@H](C)C[C@@H](C)[C@H](NC(=O)OC(C)(C)C(C)(F)F)C(=O)N3C2)c2ccc(OC)cc12.[HH].[HH].[HH]. The molecular weight excluding hydrogens is 821 g/mol. The van der Waals surface area contributed by atoms with Crippen LogP contribution in [0.1, 0.15) is 83.8 Å². The number of alkyl halides is 2. The number of rotatable bonds is 13. The average molecular weight is 884 g/mol. The summed E-state index contributed by atoms with van der Waals surface area (Å²) in [5, 5.41) is 5.83. The van der Waals surface area contributed by atoms with E-state index in [2.05, 4.69) is 20.3 Å². The molecule has 16 nitrogen and oxygen atoms in total. The Balaban J connectivity index is 0.00000363. The van der Waals surface area contributed by atoms with E-state index in [4.69, 9.17) is 23.7 Å². The minimum atomic E-state index is -3.98. The van der Waals surface area contributed by atoms with Crippen molar-refractivity contribution in [3.8, 4) is 17.4 Å². The first-order valence-corrected chi connectivity index (χ1v) is 22.2. The standard InChI is InChI=1S/C42H57F2N5O11S.3H2/c1-24-10-8-9-11-26-21-42(26,38(52)48-61(54,55)29-13-14-29)47-35(50)32-20-28(59-36-30-15-12-27(57-7)19-31(30)33(22-45-36)58-17-16-56-6)23-49(32)37(51)34(25(2)18-24)46-39(53)60-40(3,4)41(5,43)44;;;/h9,11-12,15,19,22,24-26,28-29,32,34H,8,10,13-14,16-18,20-21,23H2,1-7H3,(H,46,53)(H,47,50)(H,48,52);3*1H/b11-9-;;;/t24-,25+,26+,28+,32-,34-,42+;;;/m0.../s1. The molecule has 1 saturated heterocycles. The first-order valence-electron chi connectivity index (χ1n) is 20.7. The van der Waals surface area contributed by atoms with Crippen LogP contribution in [0.3, 0.4) is 0 Å². The van der Waals surface area contributed by atoms with Gasteiger partial charge in [-0.2, -0.15) is 0 Å². The summed E-state index contributed by atoms with van der Waals surface area (Å²) in [5.41, 5.74) is -3.85. The summed E-state index contributed by atoms with van der Waals surface area (Å²) < 4.78 is 85.1. The molecule has 2 aliphatic carbocycles. The van der Waals surface area contributed by atoms with Crippen LogP contribution in [0.25, 0.3) is 10.8 Å². The van der Waals surface area contributed by atoms with Gasteiger partial charge in [-0.25, -0.2) is 27.0 Å². The lowest BCUT2D eigenvalue weighted by Crippen LogP contribution is -2.59. The number of alkyl carbamates (subject to hydrolysis) is 1. The monoisotopic (exact) mass is 883 g/mol. The molecule has 3 fully saturated rings. The second-order valence-corrected chi connectivity index (χ2v) is 19.3. The van der Waals surface area contributed by atoms with Crippen molar-refractivity contribution < 1.29 is 64.3 Å². The van der Waals surface area contributed by atoms with E-state index in [0.29, 0.717) is 67.9 Å². The van der Waals surface area contributed by atoms with E-state index in [1.54, 1.807) is 32.2 Å². The third-order valence-corrected chi connectivity index (χ3v) is 14.0. The van der Waals surface area contributed by atoms with Gasteiger partial charge in [-0.15, -0.1) is 0 Å². The number of ether oxygens (including phenoxy) is 5. The van der Waals surface area contributed by atoms with Crippen LogP contribution in [0, 0.1) is 17.8 Å². The molecule has 6 rings (SSSR count). The number of carbonyl (C=O) groups excluding carboxylic acids is 4. The number of methoxy groups -OCH3 is 2. The molecule has 0 radical (unpaired) electrons. The van der Waals surface area contributed by atoms with Crippen LogP contribution in [-0.2, 0) is 33.9 Å². The Morgan fingerprint density at radius 2 is 1.80 bits per heavy atom. The molecule has 2 aromatic rings. The number of allylic oxidation sites excluding steroid dienone is 1. The van der Waals surface area contributed by atoms with Gasteiger partial charge in [0.1, 0.15) is 41.8 Å². The van der Waals surface area contributed by atoms with E-state index in [0.717, 1.165) is 13.8 Å². The van der Waals surface area contributed by atoms with Crippen LogP contribution >= 0.6 is 0 Å². The third-order valence-electron chi connectivity index (χ3n) is 12.1. The molecule has 2 aliphatic heterocycles. The van der Waals surface area contributed by atoms with Gasteiger partial charge in [-0.1, -0.05) is 26.0 Å². The van der Waals surface area contributed by atoms with Crippen molar-refractivity contribution in [3.63, 3.8) is 0 Å². The number of amides is 4. The van der Waals surface area contributed by atoms with Crippen molar-refractivity contribution in [2.75, 3.05) is 34.0 Å². The Bertz CT molecular complexity index is 2150. The number of hydrogen-bond acceptors (Lipinski definition) is 12. The zero-order valence-electron chi connectivity index (χ0n) is 35.6. The van der Waals surface area contributed by atoms with Crippen molar-refractivity contribution in [2.45, 2.75) is 120 Å². The number of fused-ring (bicyclic) bond motifs is 3. The van der Waals surface area contributed by atoms with Crippen molar-refractivity contribution in [3.05, 3.63) is 36.5 Å². The maximum absolute atomic E-state index is 14.9. The second-order valence-electron chi connectivity index (χ2n) is 17.3. The van der Waals surface area contributed by atoms with E-state index in [1.165, 1.54) is 18.2 Å². The minimum absolute atomic E-state index is 0. The van der Waals surface area contributed by atoms with E-state index in [9.17, 15) is 36.4 Å². The summed E-state index contributed by atoms with van der Waals surface area (Å²) in [5.74, 6) is -5.69. The molecule has 2 saturated carbocycles. The van der Waals surface area contributed by atoms with Gasteiger partial charge in [-0.3, -0.25) is 19.1 Å². The normalized spacial score (nSPS) is 28.0. The molecule has 0 unspecified atom stereocenters. The minimum Gasteiger partial charge on any atom is -0.497 e. The third kappa shape index (κ3) is 10.3. The number of nitrogens with one attached hydrogen (secondary N) is 3. The highest BCUT2D eigenvalue weighted by Gasteiger charge is 2.62. The quantitative estimate of drug-likeness (QED) is 0.172. The molecule has 1 aromatic heterocycles. The number of hydrogen-bond donors (Lipinski definition) is 3. The summed E-state index contributed by atoms with van der Waals surface area (Å²) in [6.45, 7) is 6.85. The smallest absolute Gasteiger partial charge is 0.408 e. The largest absolute Gasteiger partial charge is 0.497 e. The van der Waals surface area contributed by atoms with Crippen molar-refractivity contribution in [2.24, 2.45) is 17.8 Å². The summed E-state index contributed by atoms with van der Waals surface area (Å²) in [7, 11) is -0.902. The molecule has 7 atom stereocenters. The maximum Gasteiger partial charge on any atom is 0.408 e. The Labute approximate surface area is 359 Å². The zero-order chi connectivity index (χ0) is 44.5. The lowest BCUT2D eigenvalue weighted by molar-refractivity contribution is -0.152. The summed E-state index contributed by atoms with van der Waals surface area (Å²) in [4.78, 5) is 62.5. The number of aromatic nitrogens is 1. The second kappa shape index (κ2) is 17.9. The summed E-state index contributed by atoms with van der Waals surface area (Å²) in [6.07, 6.45) is 5.59. The molecule has 1 aromatic carbocycles. The van der Waals surface area contributed by atoms with Gasteiger partial charge >= 0.3 is 6.09 Å². The van der Waals surface area contributed by atoms with Crippen molar-refractivity contribution >= 4 is 44.6 Å². The molecule has 0 spiro atoms. The van der Waals surface area contributed by atoms with Gasteiger partial charge in [0.05, 0.1) is 31.7 Å². The molecule has 19 heteroatoms. The van der Waals surface area contributed by atoms with Gasteiger partial charge in [0.2, 0.25) is 27.7 Å². The van der Waals surface area contributed by atoms with Crippen LogP contribution in [0.15, 0.2) is 36.5 Å². The highest BCUT2D eigenvalue weighted by atomic mass is 32.2. The first kappa shape index (κ1) is 45.7. The fraction of sp³-hybridized carbons (Fsp3) is 0.643. The van der Waals surface area contributed by atoms with Gasteiger partial charge in [-0.05, 0) is 82.4 Å². The highest BCUT2D eigenvalue weighted by molar-refractivity contribution is 7.91. The molecule has 3 N–H and O–H groups in total. The van der Waals surface area contributed by atoms with Crippen LogP contribution in [0.2, 0.25) is 0 Å². The Hall–Kier alpha value is -4.78. The maximum atomic E-state index is 14.9. The van der Waals surface area contributed by atoms with Crippen LogP contribution in [0.5, 0.6) is 17.4 Å². The number of benzene rings is 1. The molecule has 3 heterocycles. The van der Waals surface area contributed by atoms with E-state index in [1.807, 2.05) is 19.1 Å². The Morgan fingerprint density at radius 1 is 1.07 bits per heavy atom. The zero-order valence-corrected chi connectivity index (χ0v) is 36.4.